The largest absolute Gasteiger partial charge is 0.494 e. The zero-order valence-electron chi connectivity index (χ0n) is 16.2. The molecule has 0 atom stereocenters. The third kappa shape index (κ3) is 6.46. The number of unbranched alkanes of at least 4 members (excludes halogenated alkanes) is 1. The number of non-ortho nitro benzene ring substituents is 1. The van der Waals surface area contributed by atoms with Gasteiger partial charge in [-0.2, -0.15) is 0 Å². The number of hydrogen-bond donors (Lipinski definition) is 1. The Hall–Kier alpha value is -3.68. The second-order valence-electron chi connectivity index (χ2n) is 6.08. The van der Waals surface area contributed by atoms with Crippen LogP contribution in [0, 0.1) is 10.1 Å². The summed E-state index contributed by atoms with van der Waals surface area (Å²) in [4.78, 5) is 34.9. The zero-order chi connectivity index (χ0) is 21.2. The molecule has 0 saturated heterocycles. The van der Waals surface area contributed by atoms with Crippen LogP contribution in [0.4, 0.5) is 5.69 Å². The Morgan fingerprint density at radius 3 is 2.52 bits per heavy atom. The van der Waals surface area contributed by atoms with Gasteiger partial charge in [0.05, 0.1) is 18.6 Å². The molecule has 0 aliphatic carbocycles. The first-order valence-electron chi connectivity index (χ1n) is 9.03. The van der Waals surface area contributed by atoms with Crippen molar-refractivity contribution in [1.29, 1.82) is 0 Å². The fourth-order valence-electron chi connectivity index (χ4n) is 2.38. The molecule has 8 heteroatoms. The van der Waals surface area contributed by atoms with E-state index < -0.39 is 16.8 Å². The normalized spacial score (nSPS) is 10.9. The molecule has 0 unspecified atom stereocenters. The van der Waals surface area contributed by atoms with E-state index in [9.17, 15) is 19.7 Å². The minimum absolute atomic E-state index is 0.132. The third-order valence-corrected chi connectivity index (χ3v) is 3.93. The number of carbonyl (C=O) groups is 2. The molecule has 29 heavy (non-hydrogen) atoms. The highest BCUT2D eigenvalue weighted by molar-refractivity contribution is 6.03. The SMILES string of the molecule is CCCCOc1ccc(C(=O)NC(=Cc2cccc([N+](=O)[O-])c2)C(=O)OC)cc1. The monoisotopic (exact) mass is 398 g/mol. The first-order chi connectivity index (χ1) is 13.9. The summed E-state index contributed by atoms with van der Waals surface area (Å²) in [5, 5.41) is 13.4. The van der Waals surface area contributed by atoms with E-state index in [0.29, 0.717) is 23.5 Å². The van der Waals surface area contributed by atoms with E-state index in [-0.39, 0.29) is 11.4 Å². The van der Waals surface area contributed by atoms with Gasteiger partial charge in [0.1, 0.15) is 11.4 Å². The van der Waals surface area contributed by atoms with Crippen LogP contribution in [-0.4, -0.2) is 30.5 Å². The van der Waals surface area contributed by atoms with Crippen molar-refractivity contribution < 1.29 is 24.0 Å². The number of nitro benzene ring substituents is 1. The Kier molecular flexibility index (Phi) is 7.90. The van der Waals surface area contributed by atoms with Crippen LogP contribution in [0.2, 0.25) is 0 Å². The predicted octanol–water partition coefficient (Wildman–Crippen LogP) is 3.72. The molecule has 0 fully saturated rings. The lowest BCUT2D eigenvalue weighted by Gasteiger charge is -2.09. The molecule has 0 aromatic heterocycles. The smallest absolute Gasteiger partial charge is 0.354 e. The van der Waals surface area contributed by atoms with E-state index >= 15 is 0 Å². The van der Waals surface area contributed by atoms with Gasteiger partial charge in [0.25, 0.3) is 11.6 Å². The lowest BCUT2D eigenvalue weighted by molar-refractivity contribution is -0.384. The topological polar surface area (TPSA) is 108 Å². The number of rotatable bonds is 9. The van der Waals surface area contributed by atoms with Crippen molar-refractivity contribution in [3.8, 4) is 5.75 Å². The average molecular weight is 398 g/mol. The van der Waals surface area contributed by atoms with Crippen molar-refractivity contribution >= 4 is 23.6 Å². The molecule has 2 aromatic rings. The predicted molar refractivity (Wildman–Crippen MR) is 107 cm³/mol. The first-order valence-corrected chi connectivity index (χ1v) is 9.03. The van der Waals surface area contributed by atoms with Crippen LogP contribution in [0.5, 0.6) is 5.75 Å². The van der Waals surface area contributed by atoms with Crippen LogP contribution in [0.25, 0.3) is 6.08 Å². The van der Waals surface area contributed by atoms with Gasteiger partial charge in [0.15, 0.2) is 0 Å². The van der Waals surface area contributed by atoms with Crippen molar-refractivity contribution in [2.75, 3.05) is 13.7 Å². The number of carbonyl (C=O) groups excluding carboxylic acids is 2. The molecular formula is C21H22N2O6. The van der Waals surface area contributed by atoms with Crippen LogP contribution < -0.4 is 10.1 Å². The van der Waals surface area contributed by atoms with Crippen molar-refractivity contribution in [2.24, 2.45) is 0 Å². The van der Waals surface area contributed by atoms with Crippen LogP contribution in [0.3, 0.4) is 0 Å². The van der Waals surface area contributed by atoms with E-state index in [4.69, 9.17) is 9.47 Å². The standard InChI is InChI=1S/C21H22N2O6/c1-3-4-12-29-18-10-8-16(9-11-18)20(24)22-19(21(25)28-2)14-15-6-5-7-17(13-15)23(26)27/h5-11,13-14H,3-4,12H2,1-2H3,(H,22,24). The van der Waals surface area contributed by atoms with Gasteiger partial charge >= 0.3 is 5.97 Å². The molecule has 152 valence electrons. The summed E-state index contributed by atoms with van der Waals surface area (Å²) < 4.78 is 10.3. The van der Waals surface area contributed by atoms with Gasteiger partial charge in [0.2, 0.25) is 0 Å². The number of nitrogens with one attached hydrogen (secondary N) is 1. The van der Waals surface area contributed by atoms with Gasteiger partial charge in [-0.05, 0) is 42.3 Å². The number of benzene rings is 2. The van der Waals surface area contributed by atoms with E-state index in [1.54, 1.807) is 30.3 Å². The van der Waals surface area contributed by atoms with Crippen molar-refractivity contribution in [3.63, 3.8) is 0 Å². The molecule has 0 bridgehead atoms. The molecular weight excluding hydrogens is 376 g/mol. The average Bonchev–Trinajstić information content (AvgIpc) is 2.73. The number of nitro groups is 1. The number of esters is 1. The Labute approximate surface area is 168 Å². The highest BCUT2D eigenvalue weighted by atomic mass is 16.6. The summed E-state index contributed by atoms with van der Waals surface area (Å²) in [6.45, 7) is 2.66. The van der Waals surface area contributed by atoms with Gasteiger partial charge in [-0.3, -0.25) is 14.9 Å². The van der Waals surface area contributed by atoms with Gasteiger partial charge in [-0.1, -0.05) is 25.5 Å². The fraction of sp³-hybridized carbons (Fsp3) is 0.238. The van der Waals surface area contributed by atoms with E-state index in [2.05, 4.69) is 12.2 Å². The van der Waals surface area contributed by atoms with Crippen LogP contribution in [0.1, 0.15) is 35.7 Å². The minimum Gasteiger partial charge on any atom is -0.494 e. The van der Waals surface area contributed by atoms with Gasteiger partial charge in [0, 0.05) is 17.7 Å². The Bertz CT molecular complexity index is 906. The maximum atomic E-state index is 12.5. The van der Waals surface area contributed by atoms with Crippen LogP contribution >= 0.6 is 0 Å². The Morgan fingerprint density at radius 2 is 1.90 bits per heavy atom. The number of nitrogens with zero attached hydrogens (tertiary/aromatic N) is 1. The molecule has 0 aliphatic heterocycles. The van der Waals surface area contributed by atoms with Crippen molar-refractivity contribution in [3.05, 3.63) is 75.5 Å². The summed E-state index contributed by atoms with van der Waals surface area (Å²) in [7, 11) is 1.18. The summed E-state index contributed by atoms with van der Waals surface area (Å²) >= 11 is 0. The maximum absolute atomic E-state index is 12.5. The van der Waals surface area contributed by atoms with Gasteiger partial charge in [-0.15, -0.1) is 0 Å². The maximum Gasteiger partial charge on any atom is 0.354 e. The Morgan fingerprint density at radius 1 is 1.17 bits per heavy atom. The lowest BCUT2D eigenvalue weighted by atomic mass is 10.1. The fourth-order valence-corrected chi connectivity index (χ4v) is 2.38. The molecule has 0 heterocycles. The van der Waals surface area contributed by atoms with Crippen molar-refractivity contribution in [1.82, 2.24) is 5.32 Å². The highest BCUT2D eigenvalue weighted by Crippen LogP contribution is 2.17. The number of ether oxygens (including phenoxy) is 2. The molecule has 2 rings (SSSR count). The summed E-state index contributed by atoms with van der Waals surface area (Å²) in [5.74, 6) is -0.646. The van der Waals surface area contributed by atoms with E-state index in [0.717, 1.165) is 12.8 Å². The van der Waals surface area contributed by atoms with Crippen molar-refractivity contribution in [2.45, 2.75) is 19.8 Å². The number of hydrogen-bond acceptors (Lipinski definition) is 6. The molecule has 1 N–H and O–H groups in total. The second kappa shape index (κ2) is 10.6. The molecule has 0 saturated carbocycles. The Balaban J connectivity index is 2.17. The second-order valence-corrected chi connectivity index (χ2v) is 6.08. The van der Waals surface area contributed by atoms with E-state index in [1.165, 1.54) is 31.4 Å². The molecule has 0 aliphatic rings. The summed E-state index contributed by atoms with van der Waals surface area (Å²) in [5.41, 5.74) is 0.426. The van der Waals surface area contributed by atoms with Gasteiger partial charge < -0.3 is 14.8 Å². The molecule has 0 spiro atoms. The first kappa shape index (κ1) is 21.6. The number of methoxy groups -OCH3 is 1. The third-order valence-electron chi connectivity index (χ3n) is 3.93. The minimum atomic E-state index is -0.774. The highest BCUT2D eigenvalue weighted by Gasteiger charge is 2.16. The van der Waals surface area contributed by atoms with E-state index in [1.807, 2.05) is 0 Å². The van der Waals surface area contributed by atoms with Crippen LogP contribution in [0.15, 0.2) is 54.2 Å². The summed E-state index contributed by atoms with van der Waals surface area (Å²) in [6, 6.07) is 12.2. The molecule has 1 amide bonds. The molecule has 2 aromatic carbocycles. The zero-order valence-corrected chi connectivity index (χ0v) is 16.2. The number of amides is 1. The molecule has 0 radical (unpaired) electrons. The summed E-state index contributed by atoms with van der Waals surface area (Å²) in [6.07, 6.45) is 3.28. The molecule has 8 nitrogen and oxygen atoms in total. The van der Waals surface area contributed by atoms with Gasteiger partial charge in [-0.25, -0.2) is 4.79 Å². The quantitative estimate of drug-likeness (QED) is 0.227. The lowest BCUT2D eigenvalue weighted by Crippen LogP contribution is -2.28. The van der Waals surface area contributed by atoms with Crippen LogP contribution in [-0.2, 0) is 9.53 Å².